The third-order valence-corrected chi connectivity index (χ3v) is 1.68. The van der Waals surface area contributed by atoms with Crippen molar-refractivity contribution in [3.63, 3.8) is 0 Å². The van der Waals surface area contributed by atoms with Crippen LogP contribution in [0.2, 0.25) is 5.02 Å². The number of esters is 1. The zero-order valence-corrected chi connectivity index (χ0v) is 8.02. The summed E-state index contributed by atoms with van der Waals surface area (Å²) in [7, 11) is 1.18. The smallest absolute Gasteiger partial charge is 0.362 e. The molecule has 74 valence electrons. The van der Waals surface area contributed by atoms with Gasteiger partial charge in [0.25, 0.3) is 0 Å². The first-order valence-electron chi connectivity index (χ1n) is 3.61. The summed E-state index contributed by atoms with van der Waals surface area (Å²) in [5.41, 5.74) is -0.123. The monoisotopic (exact) mass is 214 g/mol. The van der Waals surface area contributed by atoms with Crippen molar-refractivity contribution in [1.82, 2.24) is 4.98 Å². The van der Waals surface area contributed by atoms with Crippen LogP contribution >= 0.6 is 11.6 Å². The van der Waals surface area contributed by atoms with Gasteiger partial charge >= 0.3 is 5.97 Å². The van der Waals surface area contributed by atoms with Crippen molar-refractivity contribution in [3.8, 4) is 0 Å². The zero-order valence-electron chi connectivity index (χ0n) is 7.27. The maximum Gasteiger partial charge on any atom is 0.362 e. The SMILES string of the molecule is COC(=O)/C(=N/O)c1cc(Cl)ccn1. The molecule has 6 heteroatoms. The van der Waals surface area contributed by atoms with E-state index < -0.39 is 5.97 Å². The Morgan fingerprint density at radius 1 is 1.71 bits per heavy atom. The Bertz CT molecular complexity index is 379. The lowest BCUT2D eigenvalue weighted by atomic mass is 10.2. The maximum atomic E-state index is 11.1. The minimum atomic E-state index is -0.776. The second-order valence-electron chi connectivity index (χ2n) is 2.30. The quantitative estimate of drug-likeness (QED) is 0.346. The topological polar surface area (TPSA) is 71.8 Å². The summed E-state index contributed by atoms with van der Waals surface area (Å²) < 4.78 is 4.38. The normalized spacial score (nSPS) is 11.1. The Morgan fingerprint density at radius 2 is 2.43 bits per heavy atom. The number of methoxy groups -OCH3 is 1. The van der Waals surface area contributed by atoms with E-state index >= 15 is 0 Å². The molecule has 1 rings (SSSR count). The highest BCUT2D eigenvalue weighted by Gasteiger charge is 2.16. The molecule has 5 nitrogen and oxygen atoms in total. The van der Waals surface area contributed by atoms with Crippen LogP contribution in [0, 0.1) is 0 Å². The number of halogens is 1. The molecule has 14 heavy (non-hydrogen) atoms. The number of rotatable bonds is 2. The Balaban J connectivity index is 3.08. The lowest BCUT2D eigenvalue weighted by Gasteiger charge is -2.01. The van der Waals surface area contributed by atoms with E-state index in [1.807, 2.05) is 0 Å². The van der Waals surface area contributed by atoms with Gasteiger partial charge in [-0.15, -0.1) is 0 Å². The molecule has 1 aromatic rings. The van der Waals surface area contributed by atoms with E-state index in [-0.39, 0.29) is 11.4 Å². The maximum absolute atomic E-state index is 11.1. The van der Waals surface area contributed by atoms with E-state index in [1.54, 1.807) is 0 Å². The predicted molar refractivity (Wildman–Crippen MR) is 49.6 cm³/mol. The van der Waals surface area contributed by atoms with Crippen LogP contribution in [-0.4, -0.2) is 29.0 Å². The second kappa shape index (κ2) is 4.57. The van der Waals surface area contributed by atoms with Crippen LogP contribution in [0.25, 0.3) is 0 Å². The molecular formula is C8H7ClN2O3. The molecule has 0 aromatic carbocycles. The molecule has 0 bridgehead atoms. The molecule has 1 heterocycles. The number of nitrogens with zero attached hydrogens (tertiary/aromatic N) is 2. The number of aromatic nitrogens is 1. The highest BCUT2D eigenvalue weighted by molar-refractivity contribution is 6.43. The summed E-state index contributed by atoms with van der Waals surface area (Å²) in [4.78, 5) is 14.9. The summed E-state index contributed by atoms with van der Waals surface area (Å²) in [6.07, 6.45) is 1.39. The van der Waals surface area contributed by atoms with Gasteiger partial charge in [-0.2, -0.15) is 0 Å². The van der Waals surface area contributed by atoms with E-state index in [9.17, 15) is 4.79 Å². The molecule has 0 aliphatic heterocycles. The molecule has 1 N–H and O–H groups in total. The number of hydrogen-bond acceptors (Lipinski definition) is 5. The van der Waals surface area contributed by atoms with Gasteiger partial charge < -0.3 is 9.94 Å². The number of pyridine rings is 1. The van der Waals surface area contributed by atoms with Crippen LogP contribution in [0.3, 0.4) is 0 Å². The van der Waals surface area contributed by atoms with Crippen LogP contribution < -0.4 is 0 Å². The van der Waals surface area contributed by atoms with Crippen molar-refractivity contribution in [2.75, 3.05) is 7.11 Å². The van der Waals surface area contributed by atoms with Crippen molar-refractivity contribution < 1.29 is 14.7 Å². The third kappa shape index (κ3) is 2.20. The van der Waals surface area contributed by atoms with Gasteiger partial charge in [0.15, 0.2) is 0 Å². The highest BCUT2D eigenvalue weighted by Crippen LogP contribution is 2.09. The Hall–Kier alpha value is -1.62. The molecule has 0 amide bonds. The van der Waals surface area contributed by atoms with Gasteiger partial charge in [0.1, 0.15) is 5.69 Å². The first-order valence-corrected chi connectivity index (χ1v) is 3.99. The van der Waals surface area contributed by atoms with Crippen molar-refractivity contribution in [2.24, 2.45) is 5.16 Å². The van der Waals surface area contributed by atoms with Gasteiger partial charge in [0, 0.05) is 11.2 Å². The summed E-state index contributed by atoms with van der Waals surface area (Å²) in [5.74, 6) is -0.776. The molecule has 0 saturated heterocycles. The summed E-state index contributed by atoms with van der Waals surface area (Å²) in [6.45, 7) is 0. The van der Waals surface area contributed by atoms with Crippen LogP contribution in [0.15, 0.2) is 23.5 Å². The number of carbonyl (C=O) groups is 1. The fourth-order valence-electron chi connectivity index (χ4n) is 0.828. The summed E-state index contributed by atoms with van der Waals surface area (Å²) in [5, 5.41) is 11.8. The number of oxime groups is 1. The predicted octanol–water partition coefficient (Wildman–Crippen LogP) is 1.09. The van der Waals surface area contributed by atoms with Gasteiger partial charge in [-0.25, -0.2) is 4.79 Å². The Morgan fingerprint density at radius 3 is 2.93 bits per heavy atom. The van der Waals surface area contributed by atoms with Crippen LogP contribution in [0.1, 0.15) is 5.69 Å². The minimum Gasteiger partial charge on any atom is -0.464 e. The molecule has 0 fully saturated rings. The second-order valence-corrected chi connectivity index (χ2v) is 2.74. The fourth-order valence-corrected chi connectivity index (χ4v) is 0.987. The molecule has 0 aliphatic rings. The van der Waals surface area contributed by atoms with Crippen molar-refractivity contribution in [2.45, 2.75) is 0 Å². The Labute approximate surface area is 85.0 Å². The third-order valence-electron chi connectivity index (χ3n) is 1.44. The van der Waals surface area contributed by atoms with Crippen LogP contribution in [-0.2, 0) is 9.53 Å². The van der Waals surface area contributed by atoms with Gasteiger partial charge in [0.05, 0.1) is 7.11 Å². The first-order chi connectivity index (χ1) is 6.69. The lowest BCUT2D eigenvalue weighted by molar-refractivity contribution is -0.132. The van der Waals surface area contributed by atoms with Gasteiger partial charge in [0.2, 0.25) is 5.71 Å². The molecule has 0 spiro atoms. The molecule has 0 radical (unpaired) electrons. The van der Waals surface area contributed by atoms with E-state index in [0.717, 1.165) is 0 Å². The fraction of sp³-hybridized carbons (Fsp3) is 0.125. The van der Waals surface area contributed by atoms with E-state index in [1.165, 1.54) is 25.4 Å². The molecule has 0 atom stereocenters. The van der Waals surface area contributed by atoms with Gasteiger partial charge in [-0.1, -0.05) is 16.8 Å². The average Bonchev–Trinajstić information content (AvgIpc) is 2.19. The average molecular weight is 215 g/mol. The summed E-state index contributed by atoms with van der Waals surface area (Å²) >= 11 is 5.67. The van der Waals surface area contributed by atoms with Crippen molar-refractivity contribution in [1.29, 1.82) is 0 Å². The minimum absolute atomic E-state index is 0.159. The number of hydrogen-bond donors (Lipinski definition) is 1. The lowest BCUT2D eigenvalue weighted by Crippen LogP contribution is -2.18. The van der Waals surface area contributed by atoms with E-state index in [4.69, 9.17) is 16.8 Å². The largest absolute Gasteiger partial charge is 0.464 e. The van der Waals surface area contributed by atoms with Crippen molar-refractivity contribution >= 4 is 23.3 Å². The van der Waals surface area contributed by atoms with E-state index in [2.05, 4.69) is 14.9 Å². The highest BCUT2D eigenvalue weighted by atomic mass is 35.5. The molecule has 1 aromatic heterocycles. The van der Waals surface area contributed by atoms with Gasteiger partial charge in [-0.3, -0.25) is 4.98 Å². The van der Waals surface area contributed by atoms with E-state index in [0.29, 0.717) is 5.02 Å². The van der Waals surface area contributed by atoms with Gasteiger partial charge in [-0.05, 0) is 12.1 Å². The van der Waals surface area contributed by atoms with Crippen LogP contribution in [0.5, 0.6) is 0 Å². The van der Waals surface area contributed by atoms with Crippen LogP contribution in [0.4, 0.5) is 0 Å². The summed E-state index contributed by atoms with van der Waals surface area (Å²) in [6, 6.07) is 2.94. The van der Waals surface area contributed by atoms with Crippen molar-refractivity contribution in [3.05, 3.63) is 29.0 Å². The Kier molecular flexibility index (Phi) is 3.41. The molecule has 0 aliphatic carbocycles. The number of ether oxygens (including phenoxy) is 1. The molecule has 0 unspecified atom stereocenters. The first kappa shape index (κ1) is 10.5. The standard InChI is InChI=1S/C8H7ClN2O3/c1-14-8(12)7(11-13)6-4-5(9)2-3-10-6/h2-4,13H,1H3/b11-7+. The zero-order chi connectivity index (χ0) is 10.6. The molecular weight excluding hydrogens is 208 g/mol. The number of carbonyl (C=O) groups excluding carboxylic acids is 1. The molecule has 0 saturated carbocycles.